The zero-order valence-electron chi connectivity index (χ0n) is 15.1. The van der Waals surface area contributed by atoms with Crippen molar-refractivity contribution >= 4 is 49.7 Å². The number of hydrogen-bond donors (Lipinski definition) is 2. The van der Waals surface area contributed by atoms with Gasteiger partial charge in [0, 0.05) is 16.5 Å². The Morgan fingerprint density at radius 3 is 2.70 bits per heavy atom. The minimum atomic E-state index is -0.236. The molecule has 1 amide bonds. The van der Waals surface area contributed by atoms with E-state index in [0.29, 0.717) is 22.9 Å². The van der Waals surface area contributed by atoms with Gasteiger partial charge < -0.3 is 15.8 Å². The highest BCUT2D eigenvalue weighted by molar-refractivity contribution is 7.21. The highest BCUT2D eigenvalue weighted by Crippen LogP contribution is 2.35. The van der Waals surface area contributed by atoms with E-state index in [-0.39, 0.29) is 5.91 Å². The van der Waals surface area contributed by atoms with Gasteiger partial charge in [-0.15, -0.1) is 11.3 Å². The number of anilines is 2. The summed E-state index contributed by atoms with van der Waals surface area (Å²) < 4.78 is 5.42. The summed E-state index contributed by atoms with van der Waals surface area (Å²) in [7, 11) is 0. The standard InChI is InChI=1S/C21H19N3O2S/c1-3-26-15-8-6-14(7-9-15)23-20(25)19-18(22)16-11-13-5-4-12(2)10-17(13)24-21(16)27-19/h4-11H,3,22H2,1-2H3,(H,23,25). The Labute approximate surface area is 160 Å². The Hall–Kier alpha value is -3.12. The molecule has 0 unspecified atom stereocenters. The zero-order chi connectivity index (χ0) is 19.0. The van der Waals surface area contributed by atoms with Crippen LogP contribution in [-0.4, -0.2) is 17.5 Å². The van der Waals surface area contributed by atoms with Gasteiger partial charge in [0.1, 0.15) is 15.5 Å². The van der Waals surface area contributed by atoms with Crippen molar-refractivity contribution in [1.29, 1.82) is 0 Å². The van der Waals surface area contributed by atoms with Gasteiger partial charge in [-0.1, -0.05) is 12.1 Å². The molecule has 0 aliphatic rings. The van der Waals surface area contributed by atoms with Crippen LogP contribution in [0.3, 0.4) is 0 Å². The number of hydrogen-bond acceptors (Lipinski definition) is 5. The molecular weight excluding hydrogens is 358 g/mol. The summed E-state index contributed by atoms with van der Waals surface area (Å²) in [5, 5.41) is 4.71. The van der Waals surface area contributed by atoms with Crippen LogP contribution in [0.1, 0.15) is 22.2 Å². The molecule has 136 valence electrons. The number of amides is 1. The topological polar surface area (TPSA) is 77.2 Å². The summed E-state index contributed by atoms with van der Waals surface area (Å²) in [5.41, 5.74) is 9.47. The predicted octanol–water partition coefficient (Wildman–Crippen LogP) is 4.99. The minimum absolute atomic E-state index is 0.236. The lowest BCUT2D eigenvalue weighted by Crippen LogP contribution is -2.11. The second kappa shape index (κ2) is 6.89. The maximum atomic E-state index is 12.7. The van der Waals surface area contributed by atoms with Gasteiger partial charge in [0.2, 0.25) is 0 Å². The number of rotatable bonds is 4. The molecule has 0 radical (unpaired) electrons. The number of ether oxygens (including phenoxy) is 1. The molecule has 0 saturated heterocycles. The number of thiophene rings is 1. The van der Waals surface area contributed by atoms with E-state index in [1.54, 1.807) is 0 Å². The van der Waals surface area contributed by atoms with Gasteiger partial charge in [0.25, 0.3) is 5.91 Å². The molecular formula is C21H19N3O2S. The molecule has 4 aromatic rings. The number of pyridine rings is 1. The number of fused-ring (bicyclic) bond motifs is 2. The van der Waals surface area contributed by atoms with Crippen molar-refractivity contribution in [2.75, 3.05) is 17.7 Å². The van der Waals surface area contributed by atoms with Crippen molar-refractivity contribution in [2.24, 2.45) is 0 Å². The molecule has 0 atom stereocenters. The molecule has 2 aromatic heterocycles. The van der Waals surface area contributed by atoms with Gasteiger partial charge in [0.15, 0.2) is 0 Å². The number of aromatic nitrogens is 1. The monoisotopic (exact) mass is 377 g/mol. The van der Waals surface area contributed by atoms with E-state index >= 15 is 0 Å². The molecule has 6 heteroatoms. The van der Waals surface area contributed by atoms with Crippen LogP contribution in [0.4, 0.5) is 11.4 Å². The van der Waals surface area contributed by atoms with Gasteiger partial charge in [-0.3, -0.25) is 4.79 Å². The average Bonchev–Trinajstić information content (AvgIpc) is 2.98. The molecule has 2 heterocycles. The quantitative estimate of drug-likeness (QED) is 0.525. The Balaban J connectivity index is 1.66. The fourth-order valence-corrected chi connectivity index (χ4v) is 3.94. The normalized spacial score (nSPS) is 11.0. The first-order valence-corrected chi connectivity index (χ1v) is 9.50. The fraction of sp³-hybridized carbons (Fsp3) is 0.143. The van der Waals surface area contributed by atoms with Crippen LogP contribution in [0, 0.1) is 6.92 Å². The number of benzene rings is 2. The molecule has 2 aromatic carbocycles. The average molecular weight is 377 g/mol. The predicted molar refractivity (Wildman–Crippen MR) is 112 cm³/mol. The maximum Gasteiger partial charge on any atom is 0.267 e. The van der Waals surface area contributed by atoms with Crippen LogP contribution in [0.2, 0.25) is 0 Å². The van der Waals surface area contributed by atoms with Crippen LogP contribution in [0.25, 0.3) is 21.1 Å². The van der Waals surface area contributed by atoms with Crippen LogP contribution >= 0.6 is 11.3 Å². The second-order valence-corrected chi connectivity index (χ2v) is 7.29. The van der Waals surface area contributed by atoms with Crippen molar-refractivity contribution < 1.29 is 9.53 Å². The van der Waals surface area contributed by atoms with E-state index in [2.05, 4.69) is 10.3 Å². The van der Waals surface area contributed by atoms with E-state index in [9.17, 15) is 4.79 Å². The Morgan fingerprint density at radius 2 is 1.96 bits per heavy atom. The zero-order valence-corrected chi connectivity index (χ0v) is 15.9. The lowest BCUT2D eigenvalue weighted by molar-refractivity contribution is 0.103. The SMILES string of the molecule is CCOc1ccc(NC(=O)c2sc3nc4cc(C)ccc4cc3c2N)cc1. The van der Waals surface area contributed by atoms with Crippen molar-refractivity contribution in [3.05, 3.63) is 59.0 Å². The number of nitrogen functional groups attached to an aromatic ring is 1. The first-order chi connectivity index (χ1) is 13.0. The molecule has 4 rings (SSSR count). The van der Waals surface area contributed by atoms with Gasteiger partial charge in [0.05, 0.1) is 17.8 Å². The van der Waals surface area contributed by atoms with Crippen LogP contribution in [0.15, 0.2) is 48.5 Å². The number of nitrogens with two attached hydrogens (primary N) is 1. The molecule has 27 heavy (non-hydrogen) atoms. The molecule has 0 fully saturated rings. The second-order valence-electron chi connectivity index (χ2n) is 6.29. The fourth-order valence-electron chi connectivity index (χ4n) is 2.96. The molecule has 5 nitrogen and oxygen atoms in total. The van der Waals surface area contributed by atoms with Crippen molar-refractivity contribution in [1.82, 2.24) is 4.98 Å². The molecule has 0 bridgehead atoms. The first-order valence-electron chi connectivity index (χ1n) is 8.68. The van der Waals surface area contributed by atoms with Gasteiger partial charge in [-0.2, -0.15) is 0 Å². The molecule has 0 saturated carbocycles. The Morgan fingerprint density at radius 1 is 1.19 bits per heavy atom. The number of carbonyl (C=O) groups excluding carboxylic acids is 1. The van der Waals surface area contributed by atoms with E-state index in [1.165, 1.54) is 11.3 Å². The summed E-state index contributed by atoms with van der Waals surface area (Å²) in [6, 6.07) is 15.4. The summed E-state index contributed by atoms with van der Waals surface area (Å²) in [6.45, 7) is 4.56. The lowest BCUT2D eigenvalue weighted by Gasteiger charge is -2.06. The first kappa shape index (κ1) is 17.3. The van der Waals surface area contributed by atoms with Crippen LogP contribution < -0.4 is 15.8 Å². The number of nitrogens with zero attached hydrogens (tertiary/aromatic N) is 1. The molecule has 0 aliphatic carbocycles. The third-order valence-corrected chi connectivity index (χ3v) is 5.42. The number of carbonyl (C=O) groups is 1. The Kier molecular flexibility index (Phi) is 4.41. The summed E-state index contributed by atoms with van der Waals surface area (Å²) in [4.78, 5) is 18.6. The van der Waals surface area contributed by atoms with E-state index in [0.717, 1.165) is 32.4 Å². The highest BCUT2D eigenvalue weighted by atomic mass is 32.1. The lowest BCUT2D eigenvalue weighted by atomic mass is 10.1. The van der Waals surface area contributed by atoms with Gasteiger partial charge in [-0.05, 0) is 55.8 Å². The smallest absolute Gasteiger partial charge is 0.267 e. The third-order valence-electron chi connectivity index (χ3n) is 4.30. The number of aryl methyl sites for hydroxylation is 1. The number of nitrogens with one attached hydrogen (secondary N) is 1. The molecule has 0 aliphatic heterocycles. The van der Waals surface area contributed by atoms with Crippen LogP contribution in [-0.2, 0) is 0 Å². The molecule has 3 N–H and O–H groups in total. The van der Waals surface area contributed by atoms with Gasteiger partial charge >= 0.3 is 0 Å². The van der Waals surface area contributed by atoms with Crippen LogP contribution in [0.5, 0.6) is 5.75 Å². The highest BCUT2D eigenvalue weighted by Gasteiger charge is 2.18. The maximum absolute atomic E-state index is 12.7. The van der Waals surface area contributed by atoms with Gasteiger partial charge in [-0.25, -0.2) is 4.98 Å². The Bertz CT molecular complexity index is 1150. The van der Waals surface area contributed by atoms with E-state index in [4.69, 9.17) is 10.5 Å². The minimum Gasteiger partial charge on any atom is -0.494 e. The van der Waals surface area contributed by atoms with E-state index in [1.807, 2.05) is 62.4 Å². The third kappa shape index (κ3) is 3.31. The molecule has 0 spiro atoms. The largest absolute Gasteiger partial charge is 0.494 e. The summed E-state index contributed by atoms with van der Waals surface area (Å²) >= 11 is 1.31. The summed E-state index contributed by atoms with van der Waals surface area (Å²) in [5.74, 6) is 0.531. The van der Waals surface area contributed by atoms with E-state index < -0.39 is 0 Å². The van der Waals surface area contributed by atoms with Crippen molar-refractivity contribution in [3.8, 4) is 5.75 Å². The van der Waals surface area contributed by atoms with Crippen molar-refractivity contribution in [3.63, 3.8) is 0 Å². The van der Waals surface area contributed by atoms with Crippen molar-refractivity contribution in [2.45, 2.75) is 13.8 Å². The summed E-state index contributed by atoms with van der Waals surface area (Å²) in [6.07, 6.45) is 0.